The molecular formula is C14H8BrCl2N3O. The van der Waals surface area contributed by atoms with E-state index >= 15 is 0 Å². The minimum atomic E-state index is 0.348. The topological polar surface area (TPSA) is 64.9 Å². The Morgan fingerprint density at radius 1 is 1.05 bits per heavy atom. The lowest BCUT2D eigenvalue weighted by Gasteiger charge is -2.00. The van der Waals surface area contributed by atoms with E-state index in [2.05, 4.69) is 26.1 Å². The summed E-state index contributed by atoms with van der Waals surface area (Å²) in [5.41, 5.74) is 7.89. The average molecular weight is 385 g/mol. The highest BCUT2D eigenvalue weighted by atomic mass is 79.9. The molecule has 2 aromatic carbocycles. The van der Waals surface area contributed by atoms with E-state index < -0.39 is 0 Å². The van der Waals surface area contributed by atoms with Crippen LogP contribution in [0.25, 0.3) is 22.8 Å². The molecule has 0 bridgehead atoms. The van der Waals surface area contributed by atoms with E-state index in [1.54, 1.807) is 24.3 Å². The Hall–Kier alpha value is -1.56. The molecule has 4 nitrogen and oxygen atoms in total. The lowest BCUT2D eigenvalue weighted by atomic mass is 10.2. The number of rotatable bonds is 2. The van der Waals surface area contributed by atoms with Crippen LogP contribution in [-0.2, 0) is 0 Å². The van der Waals surface area contributed by atoms with Gasteiger partial charge in [-0.3, -0.25) is 0 Å². The first-order chi connectivity index (χ1) is 10.0. The van der Waals surface area contributed by atoms with E-state index in [9.17, 15) is 0 Å². The van der Waals surface area contributed by atoms with Crippen LogP contribution in [-0.4, -0.2) is 10.1 Å². The standard InChI is InChI=1S/C14H8BrCl2N3O/c15-8-2-3-9(12(18)6-8)14-19-13(20-21-14)7-1-4-10(16)11(17)5-7/h1-6H,18H2. The first-order valence-corrected chi connectivity index (χ1v) is 7.44. The van der Waals surface area contributed by atoms with Crippen molar-refractivity contribution in [1.82, 2.24) is 10.1 Å². The highest BCUT2D eigenvalue weighted by molar-refractivity contribution is 9.10. The predicted molar refractivity (Wildman–Crippen MR) is 87.3 cm³/mol. The SMILES string of the molecule is Nc1cc(Br)ccc1-c1nc(-c2ccc(Cl)c(Cl)c2)no1. The average Bonchev–Trinajstić information content (AvgIpc) is 2.91. The zero-order chi connectivity index (χ0) is 15.0. The number of nitrogens with two attached hydrogens (primary N) is 1. The second-order valence-corrected chi connectivity index (χ2v) is 6.01. The Labute approximate surface area is 139 Å². The molecule has 3 rings (SSSR count). The smallest absolute Gasteiger partial charge is 0.260 e. The Kier molecular flexibility index (Phi) is 3.89. The Morgan fingerprint density at radius 3 is 2.57 bits per heavy atom. The molecule has 106 valence electrons. The molecule has 0 aliphatic heterocycles. The molecule has 0 radical (unpaired) electrons. The predicted octanol–water partition coefficient (Wildman–Crippen LogP) is 5.06. The van der Waals surface area contributed by atoms with Gasteiger partial charge in [0.1, 0.15) is 0 Å². The molecule has 0 atom stereocenters. The minimum Gasteiger partial charge on any atom is -0.398 e. The molecular weight excluding hydrogens is 377 g/mol. The molecule has 0 spiro atoms. The van der Waals surface area contributed by atoms with Crippen molar-refractivity contribution in [3.8, 4) is 22.8 Å². The third-order valence-electron chi connectivity index (χ3n) is 2.85. The van der Waals surface area contributed by atoms with Crippen LogP contribution >= 0.6 is 39.1 Å². The summed E-state index contributed by atoms with van der Waals surface area (Å²) in [6.07, 6.45) is 0. The summed E-state index contributed by atoms with van der Waals surface area (Å²) in [5.74, 6) is 0.770. The monoisotopic (exact) mass is 383 g/mol. The molecule has 0 aliphatic rings. The zero-order valence-electron chi connectivity index (χ0n) is 10.5. The van der Waals surface area contributed by atoms with Gasteiger partial charge in [0.25, 0.3) is 5.89 Å². The summed E-state index contributed by atoms with van der Waals surface area (Å²) in [6.45, 7) is 0. The van der Waals surface area contributed by atoms with Crippen LogP contribution in [0.4, 0.5) is 5.69 Å². The molecule has 0 aliphatic carbocycles. The number of halogens is 3. The molecule has 1 heterocycles. The van der Waals surface area contributed by atoms with Crippen LogP contribution in [0.2, 0.25) is 10.0 Å². The van der Waals surface area contributed by atoms with Crippen LogP contribution < -0.4 is 5.73 Å². The van der Waals surface area contributed by atoms with Crippen molar-refractivity contribution in [3.05, 3.63) is 50.9 Å². The summed E-state index contributed by atoms with van der Waals surface area (Å²) < 4.78 is 6.15. The third-order valence-corrected chi connectivity index (χ3v) is 4.08. The van der Waals surface area contributed by atoms with Crippen molar-refractivity contribution in [3.63, 3.8) is 0 Å². The summed E-state index contributed by atoms with van der Waals surface area (Å²) in [6, 6.07) is 10.6. The molecule has 0 saturated heterocycles. The van der Waals surface area contributed by atoms with Crippen LogP contribution in [0.5, 0.6) is 0 Å². The Balaban J connectivity index is 2.01. The second kappa shape index (κ2) is 5.67. The largest absolute Gasteiger partial charge is 0.398 e. The summed E-state index contributed by atoms with van der Waals surface area (Å²) in [4.78, 5) is 4.34. The number of nitrogens with zero attached hydrogens (tertiary/aromatic N) is 2. The molecule has 0 saturated carbocycles. The maximum Gasteiger partial charge on any atom is 0.260 e. The van der Waals surface area contributed by atoms with E-state index in [4.69, 9.17) is 33.5 Å². The van der Waals surface area contributed by atoms with Crippen molar-refractivity contribution in [2.45, 2.75) is 0 Å². The van der Waals surface area contributed by atoms with Gasteiger partial charge in [-0.15, -0.1) is 0 Å². The molecule has 1 aromatic heterocycles. The third kappa shape index (κ3) is 2.90. The van der Waals surface area contributed by atoms with Gasteiger partial charge in [0.05, 0.1) is 15.6 Å². The van der Waals surface area contributed by atoms with Gasteiger partial charge in [0, 0.05) is 15.7 Å². The highest BCUT2D eigenvalue weighted by Gasteiger charge is 2.14. The van der Waals surface area contributed by atoms with Crippen molar-refractivity contribution < 1.29 is 4.52 Å². The summed E-state index contributed by atoms with van der Waals surface area (Å²) >= 11 is 15.2. The van der Waals surface area contributed by atoms with Crippen LogP contribution in [0.3, 0.4) is 0 Å². The van der Waals surface area contributed by atoms with Gasteiger partial charge in [0.15, 0.2) is 0 Å². The zero-order valence-corrected chi connectivity index (χ0v) is 13.6. The molecule has 0 amide bonds. The number of anilines is 1. The van der Waals surface area contributed by atoms with Crippen molar-refractivity contribution in [2.75, 3.05) is 5.73 Å². The first kappa shape index (κ1) is 14.4. The van der Waals surface area contributed by atoms with Crippen molar-refractivity contribution in [1.29, 1.82) is 0 Å². The minimum absolute atomic E-state index is 0.348. The molecule has 3 aromatic rings. The van der Waals surface area contributed by atoms with Gasteiger partial charge in [0.2, 0.25) is 5.82 Å². The maximum absolute atomic E-state index is 5.99. The van der Waals surface area contributed by atoms with E-state index in [0.29, 0.717) is 33.0 Å². The van der Waals surface area contributed by atoms with Crippen molar-refractivity contribution in [2.24, 2.45) is 0 Å². The molecule has 7 heteroatoms. The van der Waals surface area contributed by atoms with Gasteiger partial charge in [-0.25, -0.2) is 0 Å². The molecule has 0 unspecified atom stereocenters. The quantitative estimate of drug-likeness (QED) is 0.627. The fraction of sp³-hybridized carbons (Fsp3) is 0. The van der Waals surface area contributed by atoms with Gasteiger partial charge >= 0.3 is 0 Å². The van der Waals surface area contributed by atoms with Crippen LogP contribution in [0.1, 0.15) is 0 Å². The van der Waals surface area contributed by atoms with Gasteiger partial charge in [-0.2, -0.15) is 4.98 Å². The normalized spacial score (nSPS) is 10.8. The fourth-order valence-electron chi connectivity index (χ4n) is 1.81. The summed E-state index contributed by atoms with van der Waals surface area (Å²) in [7, 11) is 0. The van der Waals surface area contributed by atoms with Gasteiger partial charge in [-0.05, 0) is 36.4 Å². The highest BCUT2D eigenvalue weighted by Crippen LogP contribution is 2.31. The number of hydrogen-bond acceptors (Lipinski definition) is 4. The number of benzene rings is 2. The number of hydrogen-bond donors (Lipinski definition) is 1. The molecule has 2 N–H and O–H groups in total. The van der Waals surface area contributed by atoms with E-state index in [-0.39, 0.29) is 0 Å². The van der Waals surface area contributed by atoms with Gasteiger partial charge in [-0.1, -0.05) is 44.3 Å². The van der Waals surface area contributed by atoms with Gasteiger partial charge < -0.3 is 10.3 Å². The Morgan fingerprint density at radius 2 is 1.86 bits per heavy atom. The lowest BCUT2D eigenvalue weighted by Crippen LogP contribution is -1.90. The maximum atomic E-state index is 5.99. The summed E-state index contributed by atoms with van der Waals surface area (Å²) in [5, 5.41) is 4.85. The van der Waals surface area contributed by atoms with Crippen molar-refractivity contribution >= 4 is 44.8 Å². The van der Waals surface area contributed by atoms with E-state index in [1.165, 1.54) is 0 Å². The lowest BCUT2D eigenvalue weighted by molar-refractivity contribution is 0.432. The molecule has 21 heavy (non-hydrogen) atoms. The van der Waals surface area contributed by atoms with E-state index in [1.807, 2.05) is 12.1 Å². The second-order valence-electron chi connectivity index (χ2n) is 4.28. The number of aromatic nitrogens is 2. The molecule has 0 fully saturated rings. The van der Waals surface area contributed by atoms with Crippen LogP contribution in [0.15, 0.2) is 45.4 Å². The van der Waals surface area contributed by atoms with E-state index in [0.717, 1.165) is 10.0 Å². The number of nitrogen functional groups attached to an aromatic ring is 1. The first-order valence-electron chi connectivity index (χ1n) is 5.89. The fourth-order valence-corrected chi connectivity index (χ4v) is 2.49. The van der Waals surface area contributed by atoms with Crippen LogP contribution in [0, 0.1) is 0 Å². The Bertz CT molecular complexity index is 820.